The van der Waals surface area contributed by atoms with Gasteiger partial charge in [0.05, 0.1) is 11.7 Å². The van der Waals surface area contributed by atoms with E-state index in [-0.39, 0.29) is 11.6 Å². The summed E-state index contributed by atoms with van der Waals surface area (Å²) < 4.78 is 7.90. The van der Waals surface area contributed by atoms with Crippen LogP contribution < -0.4 is 5.56 Å². The Morgan fingerprint density at radius 3 is 2.95 bits per heavy atom. The standard InChI is InChI=1S/C14H18N2O2S/c1-9-12-5-8-19-13(12)14(17)16(15-9)10(2)11-3-6-18-7-4-11/h5,8,10-11H,3-4,6-7H2,1-2H3. The molecular formula is C14H18N2O2S. The monoisotopic (exact) mass is 278 g/mol. The van der Waals surface area contributed by atoms with Gasteiger partial charge in [0, 0.05) is 18.6 Å². The van der Waals surface area contributed by atoms with Crippen LogP contribution in [0.25, 0.3) is 10.1 Å². The highest BCUT2D eigenvalue weighted by Gasteiger charge is 2.24. The van der Waals surface area contributed by atoms with Crippen LogP contribution in [0.1, 0.15) is 31.5 Å². The van der Waals surface area contributed by atoms with Crippen LogP contribution in [0.4, 0.5) is 0 Å². The Morgan fingerprint density at radius 1 is 1.47 bits per heavy atom. The number of aryl methyl sites for hydroxylation is 1. The van der Waals surface area contributed by atoms with Crippen LogP contribution in [0.5, 0.6) is 0 Å². The second-order valence-corrected chi connectivity index (χ2v) is 6.11. The van der Waals surface area contributed by atoms with E-state index in [4.69, 9.17) is 4.74 Å². The molecular weight excluding hydrogens is 260 g/mol. The maximum atomic E-state index is 12.5. The van der Waals surface area contributed by atoms with E-state index >= 15 is 0 Å². The molecule has 19 heavy (non-hydrogen) atoms. The third-order valence-electron chi connectivity index (χ3n) is 4.05. The molecule has 0 saturated carbocycles. The van der Waals surface area contributed by atoms with Crippen molar-refractivity contribution < 1.29 is 4.74 Å². The van der Waals surface area contributed by atoms with Crippen molar-refractivity contribution in [3.63, 3.8) is 0 Å². The van der Waals surface area contributed by atoms with Gasteiger partial charge in [0.15, 0.2) is 0 Å². The van der Waals surface area contributed by atoms with Crippen LogP contribution in [-0.4, -0.2) is 23.0 Å². The molecule has 102 valence electrons. The van der Waals surface area contributed by atoms with E-state index in [0.717, 1.165) is 41.8 Å². The number of hydrogen-bond acceptors (Lipinski definition) is 4. The molecule has 3 rings (SSSR count). The molecule has 1 fully saturated rings. The van der Waals surface area contributed by atoms with Crippen LogP contribution in [0.3, 0.4) is 0 Å². The number of thiophene rings is 1. The van der Waals surface area contributed by atoms with Gasteiger partial charge in [-0.15, -0.1) is 11.3 Å². The molecule has 3 heterocycles. The summed E-state index contributed by atoms with van der Waals surface area (Å²) in [7, 11) is 0. The SMILES string of the molecule is Cc1nn(C(C)C2CCOCC2)c(=O)c2sccc12. The summed E-state index contributed by atoms with van der Waals surface area (Å²) in [4.78, 5) is 12.5. The van der Waals surface area contributed by atoms with Crippen LogP contribution in [-0.2, 0) is 4.74 Å². The van der Waals surface area contributed by atoms with E-state index in [0.29, 0.717) is 5.92 Å². The van der Waals surface area contributed by atoms with Crippen molar-refractivity contribution in [1.82, 2.24) is 9.78 Å². The lowest BCUT2D eigenvalue weighted by Gasteiger charge is -2.28. The number of ether oxygens (including phenoxy) is 1. The van der Waals surface area contributed by atoms with E-state index in [9.17, 15) is 4.79 Å². The van der Waals surface area contributed by atoms with Gasteiger partial charge in [0.1, 0.15) is 4.70 Å². The van der Waals surface area contributed by atoms with Crippen LogP contribution in [0.2, 0.25) is 0 Å². The third-order valence-corrected chi connectivity index (χ3v) is 4.95. The Morgan fingerprint density at radius 2 is 2.21 bits per heavy atom. The van der Waals surface area contributed by atoms with Gasteiger partial charge in [-0.25, -0.2) is 4.68 Å². The third kappa shape index (κ3) is 2.21. The molecule has 2 aromatic heterocycles. The van der Waals surface area contributed by atoms with Gasteiger partial charge >= 0.3 is 0 Å². The number of fused-ring (bicyclic) bond motifs is 1. The molecule has 1 aliphatic rings. The lowest BCUT2D eigenvalue weighted by Crippen LogP contribution is -2.33. The fourth-order valence-electron chi connectivity index (χ4n) is 2.80. The molecule has 0 spiro atoms. The van der Waals surface area contributed by atoms with Crippen molar-refractivity contribution in [3.05, 3.63) is 27.5 Å². The minimum Gasteiger partial charge on any atom is -0.381 e. The molecule has 0 aromatic carbocycles. The number of aromatic nitrogens is 2. The zero-order valence-electron chi connectivity index (χ0n) is 11.3. The molecule has 0 radical (unpaired) electrons. The summed E-state index contributed by atoms with van der Waals surface area (Å²) in [6, 6.07) is 2.12. The molecule has 0 bridgehead atoms. The first-order valence-corrected chi connectivity index (χ1v) is 7.61. The zero-order chi connectivity index (χ0) is 13.4. The second kappa shape index (κ2) is 5.06. The van der Waals surface area contributed by atoms with Gasteiger partial charge in [-0.3, -0.25) is 4.79 Å². The van der Waals surface area contributed by atoms with Crippen LogP contribution in [0, 0.1) is 12.8 Å². The second-order valence-electron chi connectivity index (χ2n) is 5.19. The largest absolute Gasteiger partial charge is 0.381 e. The molecule has 4 nitrogen and oxygen atoms in total. The molecule has 1 aliphatic heterocycles. The van der Waals surface area contributed by atoms with Crippen molar-refractivity contribution in [2.24, 2.45) is 5.92 Å². The zero-order valence-corrected chi connectivity index (χ0v) is 12.1. The Hall–Kier alpha value is -1.20. The fourth-order valence-corrected chi connectivity index (χ4v) is 3.68. The maximum absolute atomic E-state index is 12.5. The fraction of sp³-hybridized carbons (Fsp3) is 0.571. The molecule has 0 N–H and O–H groups in total. The smallest absolute Gasteiger partial charge is 0.284 e. The Labute approximate surface area is 116 Å². The molecule has 2 aromatic rings. The average molecular weight is 278 g/mol. The normalized spacial score (nSPS) is 18.8. The molecule has 0 aliphatic carbocycles. The van der Waals surface area contributed by atoms with Crippen molar-refractivity contribution in [2.75, 3.05) is 13.2 Å². The molecule has 5 heteroatoms. The van der Waals surface area contributed by atoms with Crippen LogP contribution in [0.15, 0.2) is 16.2 Å². The highest BCUT2D eigenvalue weighted by Crippen LogP contribution is 2.27. The molecule has 1 saturated heterocycles. The highest BCUT2D eigenvalue weighted by atomic mass is 32.1. The first kappa shape index (κ1) is 12.8. The summed E-state index contributed by atoms with van der Waals surface area (Å²) >= 11 is 1.51. The van der Waals surface area contributed by atoms with E-state index in [1.807, 2.05) is 18.4 Å². The Balaban J connectivity index is 2.04. The van der Waals surface area contributed by atoms with Gasteiger partial charge in [-0.05, 0) is 44.1 Å². The van der Waals surface area contributed by atoms with Gasteiger partial charge in [0.25, 0.3) is 5.56 Å². The van der Waals surface area contributed by atoms with Crippen molar-refractivity contribution in [2.45, 2.75) is 32.7 Å². The van der Waals surface area contributed by atoms with Gasteiger partial charge in [-0.2, -0.15) is 5.10 Å². The highest BCUT2D eigenvalue weighted by molar-refractivity contribution is 7.17. The van der Waals surface area contributed by atoms with Gasteiger partial charge in [0.2, 0.25) is 0 Å². The van der Waals surface area contributed by atoms with E-state index in [1.54, 1.807) is 4.68 Å². The summed E-state index contributed by atoms with van der Waals surface area (Å²) in [5.41, 5.74) is 0.990. The average Bonchev–Trinajstić information content (AvgIpc) is 2.93. The van der Waals surface area contributed by atoms with Crippen molar-refractivity contribution >= 4 is 21.4 Å². The van der Waals surface area contributed by atoms with E-state index in [1.165, 1.54) is 11.3 Å². The Kier molecular flexibility index (Phi) is 3.41. The topological polar surface area (TPSA) is 44.1 Å². The maximum Gasteiger partial charge on any atom is 0.284 e. The quantitative estimate of drug-likeness (QED) is 0.848. The van der Waals surface area contributed by atoms with E-state index in [2.05, 4.69) is 12.0 Å². The first-order chi connectivity index (χ1) is 9.18. The minimum absolute atomic E-state index is 0.0505. The molecule has 1 atom stereocenters. The first-order valence-electron chi connectivity index (χ1n) is 6.73. The predicted octanol–water partition coefficient (Wildman–Crippen LogP) is 2.75. The van der Waals surface area contributed by atoms with Gasteiger partial charge in [-0.1, -0.05) is 0 Å². The number of rotatable bonds is 2. The minimum atomic E-state index is 0.0505. The summed E-state index contributed by atoms with van der Waals surface area (Å²) in [6.07, 6.45) is 2.02. The molecule has 0 amide bonds. The van der Waals surface area contributed by atoms with E-state index < -0.39 is 0 Å². The number of hydrogen-bond donors (Lipinski definition) is 0. The lowest BCUT2D eigenvalue weighted by molar-refractivity contribution is 0.0488. The van der Waals surface area contributed by atoms with Crippen molar-refractivity contribution in [3.8, 4) is 0 Å². The summed E-state index contributed by atoms with van der Waals surface area (Å²) in [6.45, 7) is 5.67. The van der Waals surface area contributed by atoms with Gasteiger partial charge < -0.3 is 4.74 Å². The summed E-state index contributed by atoms with van der Waals surface area (Å²) in [5.74, 6) is 0.482. The van der Waals surface area contributed by atoms with Crippen LogP contribution >= 0.6 is 11.3 Å². The lowest BCUT2D eigenvalue weighted by atomic mass is 9.93. The number of nitrogens with zero attached hydrogens (tertiary/aromatic N) is 2. The summed E-state index contributed by atoms with van der Waals surface area (Å²) in [5, 5.41) is 7.47. The molecule has 1 unspecified atom stereocenters. The van der Waals surface area contributed by atoms with Crippen molar-refractivity contribution in [1.29, 1.82) is 0 Å². The Bertz CT molecular complexity index is 640. The predicted molar refractivity (Wildman–Crippen MR) is 76.9 cm³/mol.